The summed E-state index contributed by atoms with van der Waals surface area (Å²) in [5.74, 6) is 0.959. The molecule has 116 valence electrons. The van der Waals surface area contributed by atoms with Crippen molar-refractivity contribution in [3.63, 3.8) is 0 Å². The first kappa shape index (κ1) is 15.0. The molecule has 21 heavy (non-hydrogen) atoms. The van der Waals surface area contributed by atoms with Crippen molar-refractivity contribution in [1.82, 2.24) is 10.2 Å². The quantitative estimate of drug-likeness (QED) is 0.894. The van der Waals surface area contributed by atoms with E-state index in [9.17, 15) is 4.79 Å². The van der Waals surface area contributed by atoms with E-state index in [-0.39, 0.29) is 12.2 Å². The highest BCUT2D eigenvalue weighted by Crippen LogP contribution is 2.38. The van der Waals surface area contributed by atoms with Crippen LogP contribution in [0.1, 0.15) is 64.1 Å². The van der Waals surface area contributed by atoms with Crippen LogP contribution in [0, 0.1) is 5.92 Å². The lowest BCUT2D eigenvalue weighted by Gasteiger charge is -2.32. The number of rotatable bonds is 5. The van der Waals surface area contributed by atoms with Crippen molar-refractivity contribution >= 4 is 17.2 Å². The first-order valence-corrected chi connectivity index (χ1v) is 9.27. The first-order chi connectivity index (χ1) is 10.2. The number of hydrogen-bond acceptors (Lipinski definition) is 3. The summed E-state index contributed by atoms with van der Waals surface area (Å²) in [5, 5.41) is 7.90. The van der Waals surface area contributed by atoms with Crippen LogP contribution in [0.3, 0.4) is 0 Å². The maximum atomic E-state index is 12.9. The van der Waals surface area contributed by atoms with Gasteiger partial charge in [0.2, 0.25) is 5.91 Å². The minimum Gasteiger partial charge on any atom is -0.318 e. The topological polar surface area (TPSA) is 32.3 Å². The predicted molar refractivity (Wildman–Crippen MR) is 87.2 cm³/mol. The molecule has 1 aromatic heterocycles. The molecule has 4 atom stereocenters. The molecule has 4 unspecified atom stereocenters. The molecule has 0 bridgehead atoms. The second kappa shape index (κ2) is 6.49. The van der Waals surface area contributed by atoms with Crippen LogP contribution in [0.5, 0.6) is 0 Å². The Morgan fingerprint density at radius 1 is 1.43 bits per heavy atom. The van der Waals surface area contributed by atoms with Crippen molar-refractivity contribution in [2.75, 3.05) is 0 Å². The molecule has 4 heteroatoms. The maximum absolute atomic E-state index is 12.9. The Balaban J connectivity index is 1.83. The van der Waals surface area contributed by atoms with Gasteiger partial charge in [-0.1, -0.05) is 33.1 Å². The van der Waals surface area contributed by atoms with Crippen LogP contribution in [0.25, 0.3) is 0 Å². The summed E-state index contributed by atoms with van der Waals surface area (Å²) in [5.41, 5.74) is 1.26. The number of hydrogen-bond donors (Lipinski definition) is 1. The number of amides is 1. The van der Waals surface area contributed by atoms with Gasteiger partial charge in [0, 0.05) is 6.04 Å². The summed E-state index contributed by atoms with van der Waals surface area (Å²) < 4.78 is 0. The first-order valence-electron chi connectivity index (χ1n) is 8.32. The van der Waals surface area contributed by atoms with Gasteiger partial charge >= 0.3 is 0 Å². The molecule has 3 nitrogen and oxygen atoms in total. The third-order valence-electron chi connectivity index (χ3n) is 5.07. The van der Waals surface area contributed by atoms with Crippen molar-refractivity contribution in [3.8, 4) is 0 Å². The van der Waals surface area contributed by atoms with Crippen LogP contribution in [-0.4, -0.2) is 22.9 Å². The highest BCUT2D eigenvalue weighted by Gasteiger charge is 2.45. The molecular weight excluding hydrogens is 280 g/mol. The third kappa shape index (κ3) is 2.88. The second-order valence-corrected chi connectivity index (χ2v) is 7.32. The molecule has 2 heterocycles. The zero-order valence-electron chi connectivity index (χ0n) is 13.0. The Bertz CT molecular complexity index is 473. The minimum atomic E-state index is 0.0163. The molecule has 1 N–H and O–H groups in total. The van der Waals surface area contributed by atoms with Crippen LogP contribution >= 0.6 is 11.3 Å². The van der Waals surface area contributed by atoms with Crippen LogP contribution in [0.15, 0.2) is 16.8 Å². The van der Waals surface area contributed by atoms with E-state index in [4.69, 9.17) is 0 Å². The smallest absolute Gasteiger partial charge is 0.241 e. The summed E-state index contributed by atoms with van der Waals surface area (Å²) in [4.78, 5) is 15.1. The number of carbonyl (C=O) groups is 1. The summed E-state index contributed by atoms with van der Waals surface area (Å²) in [6.45, 7) is 4.49. The molecular formula is C17H26N2OS. The summed E-state index contributed by atoms with van der Waals surface area (Å²) in [6.07, 6.45) is 7.00. The molecule has 0 spiro atoms. The number of nitrogens with one attached hydrogen (secondary N) is 1. The number of carbonyl (C=O) groups excluding carboxylic acids is 1. The third-order valence-corrected chi connectivity index (χ3v) is 5.77. The van der Waals surface area contributed by atoms with E-state index in [1.54, 1.807) is 11.3 Å². The molecule has 1 amide bonds. The van der Waals surface area contributed by atoms with Gasteiger partial charge in [-0.25, -0.2) is 0 Å². The van der Waals surface area contributed by atoms with Gasteiger partial charge in [-0.3, -0.25) is 10.1 Å². The Kier molecular flexibility index (Phi) is 4.65. The van der Waals surface area contributed by atoms with E-state index < -0.39 is 0 Å². The fourth-order valence-electron chi connectivity index (χ4n) is 3.85. The molecule has 1 aromatic rings. The fraction of sp³-hybridized carbons (Fsp3) is 0.706. The molecule has 1 aliphatic heterocycles. The largest absolute Gasteiger partial charge is 0.318 e. The van der Waals surface area contributed by atoms with Gasteiger partial charge < -0.3 is 4.90 Å². The van der Waals surface area contributed by atoms with Gasteiger partial charge in [-0.2, -0.15) is 11.3 Å². The van der Waals surface area contributed by atoms with Crippen molar-refractivity contribution in [2.45, 2.75) is 70.6 Å². The van der Waals surface area contributed by atoms with E-state index in [1.165, 1.54) is 18.4 Å². The van der Waals surface area contributed by atoms with Crippen molar-refractivity contribution in [2.24, 2.45) is 5.92 Å². The van der Waals surface area contributed by atoms with Gasteiger partial charge in [0.05, 0.1) is 6.04 Å². The molecule has 3 rings (SSSR count). The van der Waals surface area contributed by atoms with Crippen LogP contribution in [-0.2, 0) is 4.79 Å². The van der Waals surface area contributed by atoms with Crippen LogP contribution < -0.4 is 5.32 Å². The van der Waals surface area contributed by atoms with Crippen molar-refractivity contribution in [3.05, 3.63) is 22.4 Å². The van der Waals surface area contributed by atoms with E-state index in [1.807, 2.05) is 0 Å². The van der Waals surface area contributed by atoms with Gasteiger partial charge in [0.25, 0.3) is 0 Å². The van der Waals surface area contributed by atoms with Gasteiger partial charge in [0.1, 0.15) is 6.17 Å². The summed E-state index contributed by atoms with van der Waals surface area (Å²) in [7, 11) is 0. The monoisotopic (exact) mass is 306 g/mol. The molecule has 2 fully saturated rings. The van der Waals surface area contributed by atoms with Gasteiger partial charge in [-0.05, 0) is 47.6 Å². The minimum absolute atomic E-state index is 0.0163. The predicted octanol–water partition coefficient (Wildman–Crippen LogP) is 3.93. The number of thiophene rings is 1. The Hall–Kier alpha value is -0.870. The van der Waals surface area contributed by atoms with Gasteiger partial charge in [0.15, 0.2) is 0 Å². The fourth-order valence-corrected chi connectivity index (χ4v) is 4.52. The lowest BCUT2D eigenvalue weighted by Crippen LogP contribution is -2.41. The average Bonchev–Trinajstić information content (AvgIpc) is 3.18. The standard InChI is InChI=1S/C17H26N2OS/c1-3-4-7-14-17(20)19(15-8-5-6-12(15)2)16(18-14)13-9-10-21-11-13/h9-12,14-16,18H,3-8H2,1-2H3. The van der Waals surface area contributed by atoms with E-state index in [0.29, 0.717) is 17.9 Å². The van der Waals surface area contributed by atoms with Crippen molar-refractivity contribution < 1.29 is 4.79 Å². The zero-order chi connectivity index (χ0) is 14.8. The molecule has 0 aromatic carbocycles. The normalized spacial score (nSPS) is 33.0. The Morgan fingerprint density at radius 2 is 2.29 bits per heavy atom. The molecule has 1 saturated carbocycles. The SMILES string of the molecule is CCCCC1NC(c2ccsc2)N(C2CCCC2C)C1=O. The maximum Gasteiger partial charge on any atom is 0.241 e. The highest BCUT2D eigenvalue weighted by molar-refractivity contribution is 7.07. The average molecular weight is 306 g/mol. The van der Waals surface area contributed by atoms with E-state index >= 15 is 0 Å². The van der Waals surface area contributed by atoms with Crippen LogP contribution in [0.2, 0.25) is 0 Å². The molecule has 2 aliphatic rings. The Morgan fingerprint density at radius 3 is 2.90 bits per heavy atom. The number of nitrogens with zero attached hydrogens (tertiary/aromatic N) is 1. The summed E-state index contributed by atoms with van der Waals surface area (Å²) in [6, 6.07) is 2.59. The number of unbranched alkanes of at least 4 members (excludes halogenated alkanes) is 1. The van der Waals surface area contributed by atoms with E-state index in [0.717, 1.165) is 25.7 Å². The van der Waals surface area contributed by atoms with E-state index in [2.05, 4.69) is 40.9 Å². The molecule has 0 radical (unpaired) electrons. The zero-order valence-corrected chi connectivity index (χ0v) is 13.9. The lowest BCUT2D eigenvalue weighted by molar-refractivity contribution is -0.133. The van der Waals surface area contributed by atoms with Crippen LogP contribution in [0.4, 0.5) is 0 Å². The summed E-state index contributed by atoms with van der Waals surface area (Å²) >= 11 is 1.71. The van der Waals surface area contributed by atoms with Crippen molar-refractivity contribution in [1.29, 1.82) is 0 Å². The molecule has 1 aliphatic carbocycles. The molecule has 1 saturated heterocycles. The highest BCUT2D eigenvalue weighted by atomic mass is 32.1. The van der Waals surface area contributed by atoms with Gasteiger partial charge in [-0.15, -0.1) is 0 Å². The Labute approximate surface area is 131 Å². The second-order valence-electron chi connectivity index (χ2n) is 6.54. The lowest BCUT2D eigenvalue weighted by atomic mass is 10.0.